The van der Waals surface area contributed by atoms with Crippen molar-refractivity contribution in [1.82, 2.24) is 0 Å². The first-order chi connectivity index (χ1) is 30.6. The van der Waals surface area contributed by atoms with Crippen LogP contribution in [0.3, 0.4) is 0 Å². The minimum absolute atomic E-state index is 0.0257. The molecule has 0 spiro atoms. The lowest BCUT2D eigenvalue weighted by atomic mass is 9.78. The van der Waals surface area contributed by atoms with Gasteiger partial charge in [0.25, 0.3) is 0 Å². The summed E-state index contributed by atoms with van der Waals surface area (Å²) in [5.41, 5.74) is 23.1. The van der Waals surface area contributed by atoms with Gasteiger partial charge in [0.1, 0.15) is 0 Å². The van der Waals surface area contributed by atoms with Crippen molar-refractivity contribution in [3.05, 3.63) is 185 Å². The van der Waals surface area contributed by atoms with E-state index in [4.69, 9.17) is 0 Å². The van der Waals surface area contributed by atoms with E-state index < -0.39 is 0 Å². The van der Waals surface area contributed by atoms with E-state index in [2.05, 4.69) is 268 Å². The van der Waals surface area contributed by atoms with E-state index in [1.54, 1.807) is 0 Å². The second-order valence-corrected chi connectivity index (χ2v) is 25.0. The lowest BCUT2D eigenvalue weighted by Crippen LogP contribution is -2.17. The average molecular weight is 870 g/mol. The zero-order chi connectivity index (χ0) is 47.9. The summed E-state index contributed by atoms with van der Waals surface area (Å²) in [6, 6.07) is 56.3. The summed E-state index contributed by atoms with van der Waals surface area (Å²) < 4.78 is 0. The van der Waals surface area contributed by atoms with Crippen LogP contribution in [-0.4, -0.2) is 0 Å². The molecule has 0 N–H and O–H groups in total. The van der Waals surface area contributed by atoms with Crippen LogP contribution in [0.4, 0.5) is 17.1 Å². The van der Waals surface area contributed by atoms with Crippen molar-refractivity contribution in [3.63, 3.8) is 0 Å². The van der Waals surface area contributed by atoms with Crippen molar-refractivity contribution in [1.29, 1.82) is 0 Å². The molecule has 1 aliphatic carbocycles. The summed E-state index contributed by atoms with van der Waals surface area (Å²) in [6.07, 6.45) is 0. The van der Waals surface area contributed by atoms with Crippen LogP contribution in [0.15, 0.2) is 146 Å². The summed E-state index contributed by atoms with van der Waals surface area (Å²) in [5, 5.41) is 0. The second kappa shape index (κ2) is 16.3. The Balaban J connectivity index is 1.30. The number of fused-ring (bicyclic) bond motifs is 3. The van der Waals surface area contributed by atoms with Gasteiger partial charge in [0.05, 0.1) is 0 Å². The smallest absolute Gasteiger partial charge is 0.0467 e. The number of nitrogens with zero attached hydrogens (tertiary/aromatic N) is 1. The summed E-state index contributed by atoms with van der Waals surface area (Å²) in [7, 11) is 0. The van der Waals surface area contributed by atoms with Gasteiger partial charge in [0.2, 0.25) is 0 Å². The van der Waals surface area contributed by atoms with Crippen LogP contribution in [-0.2, 0) is 32.5 Å². The lowest BCUT2D eigenvalue weighted by Gasteiger charge is -2.29. The van der Waals surface area contributed by atoms with Crippen LogP contribution in [0.25, 0.3) is 44.5 Å². The maximum atomic E-state index is 2.47. The molecule has 1 heteroatoms. The second-order valence-electron chi connectivity index (χ2n) is 25.0. The summed E-state index contributed by atoms with van der Waals surface area (Å²) >= 11 is 0. The largest absolute Gasteiger partial charge is 0.310 e. The maximum Gasteiger partial charge on any atom is 0.0467 e. The van der Waals surface area contributed by atoms with Crippen molar-refractivity contribution >= 4 is 17.1 Å². The van der Waals surface area contributed by atoms with Crippen LogP contribution in [0.1, 0.15) is 157 Å². The first-order valence-electron chi connectivity index (χ1n) is 24.3. The molecule has 7 aromatic rings. The van der Waals surface area contributed by atoms with Crippen LogP contribution >= 0.6 is 0 Å². The quantitative estimate of drug-likeness (QED) is 0.161. The van der Waals surface area contributed by atoms with Crippen molar-refractivity contribution in [2.45, 2.75) is 150 Å². The molecule has 0 heterocycles. The first-order valence-corrected chi connectivity index (χ1v) is 24.3. The molecule has 0 saturated heterocycles. The molecule has 66 heavy (non-hydrogen) atoms. The Morgan fingerprint density at radius 3 is 1.18 bits per heavy atom. The third kappa shape index (κ3) is 9.21. The fourth-order valence-electron chi connectivity index (χ4n) is 9.62. The Bertz CT molecular complexity index is 2870. The molecule has 1 aliphatic rings. The molecular weight excluding hydrogens is 795 g/mol. The number of rotatable bonds is 6. The molecule has 0 aliphatic heterocycles. The number of hydrogen-bond acceptors (Lipinski definition) is 1. The van der Waals surface area contributed by atoms with E-state index in [9.17, 15) is 0 Å². The van der Waals surface area contributed by atoms with Crippen molar-refractivity contribution in [2.24, 2.45) is 0 Å². The lowest BCUT2D eigenvalue weighted by molar-refractivity contribution is 0.568. The zero-order valence-corrected chi connectivity index (χ0v) is 43.3. The standard InChI is InChI=1S/C65H75N/c1-60(2,3)48-32-44(31-45(33-48)47-36-51(63(10,11)12)40-52(37-47)64(13,14)15)43-21-20-22-54(38-43)66(55-29-30-57-56-23-18-19-24-58(56)65(16,17)59(57)41-55)53-27-25-42(26-28-53)46-34-49(61(4,5)6)39-50(35-46)62(7,8)9/h18-41H,1-17H3. The molecular formula is C65H75N. The van der Waals surface area contributed by atoms with Gasteiger partial charge in [-0.25, -0.2) is 0 Å². The van der Waals surface area contributed by atoms with Gasteiger partial charge in [0.15, 0.2) is 0 Å². The van der Waals surface area contributed by atoms with Gasteiger partial charge >= 0.3 is 0 Å². The van der Waals surface area contributed by atoms with E-state index in [1.807, 2.05) is 0 Å². The van der Waals surface area contributed by atoms with Crippen LogP contribution in [0, 0.1) is 0 Å². The monoisotopic (exact) mass is 870 g/mol. The van der Waals surface area contributed by atoms with Gasteiger partial charge in [-0.2, -0.15) is 0 Å². The number of benzene rings is 7. The van der Waals surface area contributed by atoms with E-state index in [1.165, 1.54) is 83.5 Å². The Morgan fingerprint density at radius 2 is 0.682 bits per heavy atom. The molecule has 0 radical (unpaired) electrons. The summed E-state index contributed by atoms with van der Waals surface area (Å²) in [5.74, 6) is 0. The average Bonchev–Trinajstić information content (AvgIpc) is 3.47. The van der Waals surface area contributed by atoms with E-state index in [0.29, 0.717) is 0 Å². The van der Waals surface area contributed by atoms with Crippen molar-refractivity contribution < 1.29 is 0 Å². The van der Waals surface area contributed by atoms with E-state index in [-0.39, 0.29) is 32.5 Å². The van der Waals surface area contributed by atoms with E-state index >= 15 is 0 Å². The zero-order valence-electron chi connectivity index (χ0n) is 43.3. The molecule has 0 amide bonds. The molecule has 1 nitrogen and oxygen atoms in total. The molecule has 7 aromatic carbocycles. The van der Waals surface area contributed by atoms with Gasteiger partial charge < -0.3 is 4.90 Å². The summed E-state index contributed by atoms with van der Waals surface area (Å²) in [4.78, 5) is 2.47. The predicted molar refractivity (Wildman–Crippen MR) is 288 cm³/mol. The fourth-order valence-corrected chi connectivity index (χ4v) is 9.62. The first kappa shape index (κ1) is 46.9. The minimum Gasteiger partial charge on any atom is -0.310 e. The molecule has 0 fully saturated rings. The molecule has 340 valence electrons. The normalized spacial score (nSPS) is 14.0. The highest BCUT2D eigenvalue weighted by Crippen LogP contribution is 2.51. The highest BCUT2D eigenvalue weighted by Gasteiger charge is 2.36. The third-order valence-corrected chi connectivity index (χ3v) is 14.2. The van der Waals surface area contributed by atoms with Crippen molar-refractivity contribution in [3.8, 4) is 44.5 Å². The van der Waals surface area contributed by atoms with Crippen LogP contribution in [0.2, 0.25) is 0 Å². The van der Waals surface area contributed by atoms with E-state index in [0.717, 1.165) is 17.1 Å². The van der Waals surface area contributed by atoms with Crippen LogP contribution in [0.5, 0.6) is 0 Å². The Kier molecular flexibility index (Phi) is 11.6. The van der Waals surface area contributed by atoms with Gasteiger partial charge in [0, 0.05) is 22.5 Å². The molecule has 0 unspecified atom stereocenters. The van der Waals surface area contributed by atoms with Crippen molar-refractivity contribution in [2.75, 3.05) is 4.90 Å². The SMILES string of the molecule is CC(C)(C)c1cc(-c2cccc(N(c3ccc(-c4cc(C(C)(C)C)cc(C(C)(C)C)c4)cc3)c3ccc4c(c3)C(C)(C)c3ccccc3-4)c2)cc(-c2cc(C(C)(C)C)cc(C(C)(C)C)c2)c1. The highest BCUT2D eigenvalue weighted by atomic mass is 15.1. The minimum atomic E-state index is -0.122. The third-order valence-electron chi connectivity index (χ3n) is 14.2. The Labute approximate surface area is 399 Å². The number of anilines is 3. The molecule has 0 atom stereocenters. The van der Waals surface area contributed by atoms with Gasteiger partial charge in [-0.15, -0.1) is 0 Å². The Hall–Kier alpha value is -5.66. The molecule has 8 rings (SSSR count). The Morgan fingerprint density at radius 1 is 0.288 bits per heavy atom. The summed E-state index contributed by atoms with van der Waals surface area (Å²) in [6.45, 7) is 39.6. The number of hydrogen-bond donors (Lipinski definition) is 0. The van der Waals surface area contributed by atoms with Gasteiger partial charge in [-0.1, -0.05) is 221 Å². The van der Waals surface area contributed by atoms with Gasteiger partial charge in [-0.3, -0.25) is 0 Å². The van der Waals surface area contributed by atoms with Gasteiger partial charge in [-0.05, 0) is 153 Å². The molecule has 0 aromatic heterocycles. The highest BCUT2D eigenvalue weighted by molar-refractivity contribution is 5.87. The fraction of sp³-hybridized carbons (Fsp3) is 0.354. The van der Waals surface area contributed by atoms with Crippen LogP contribution < -0.4 is 4.90 Å². The molecule has 0 saturated carbocycles. The predicted octanol–water partition coefficient (Wildman–Crippen LogP) is 19.0. The maximum absolute atomic E-state index is 2.47. The topological polar surface area (TPSA) is 3.24 Å². The molecule has 0 bridgehead atoms.